The predicted molar refractivity (Wildman–Crippen MR) is 159 cm³/mol. The van der Waals surface area contributed by atoms with E-state index in [2.05, 4.69) is 35.8 Å². The second-order valence-electron chi connectivity index (χ2n) is 12.4. The molecule has 1 saturated carbocycles. The SMILES string of the molecule is CCCOCCCC(=O)c1ccc(Cc2nccn3c(-c4cn(CC5CC(C)(C)C5)nc4C(F)(F)F)cnc23)cc1CC. The zero-order chi connectivity index (χ0) is 30.8. The van der Waals surface area contributed by atoms with Gasteiger partial charge in [0.1, 0.15) is 0 Å². The maximum Gasteiger partial charge on any atom is 0.435 e. The summed E-state index contributed by atoms with van der Waals surface area (Å²) in [6.07, 6.45) is 6.73. The first kappa shape index (κ1) is 30.9. The van der Waals surface area contributed by atoms with Crippen molar-refractivity contribution in [2.45, 2.75) is 85.4 Å². The molecule has 0 spiro atoms. The second kappa shape index (κ2) is 12.6. The van der Waals surface area contributed by atoms with Crippen molar-refractivity contribution in [2.75, 3.05) is 13.2 Å². The maximum absolute atomic E-state index is 14.1. The van der Waals surface area contributed by atoms with Crippen LogP contribution in [0.1, 0.15) is 92.7 Å². The van der Waals surface area contributed by atoms with Crippen molar-refractivity contribution >= 4 is 11.4 Å². The van der Waals surface area contributed by atoms with Gasteiger partial charge in [-0.1, -0.05) is 45.9 Å². The third-order valence-corrected chi connectivity index (χ3v) is 8.20. The topological polar surface area (TPSA) is 74.3 Å². The number of fused-ring (bicyclic) bond motifs is 1. The Hall–Kier alpha value is -3.53. The van der Waals surface area contributed by atoms with Gasteiger partial charge in [-0.05, 0) is 54.6 Å². The third-order valence-electron chi connectivity index (χ3n) is 8.20. The molecule has 3 aromatic heterocycles. The number of carbonyl (C=O) groups is 1. The summed E-state index contributed by atoms with van der Waals surface area (Å²) >= 11 is 0. The molecule has 0 radical (unpaired) electrons. The van der Waals surface area contributed by atoms with Crippen molar-refractivity contribution < 1.29 is 22.7 Å². The average molecular weight is 596 g/mol. The van der Waals surface area contributed by atoms with Crippen LogP contribution in [-0.4, -0.2) is 43.1 Å². The smallest absolute Gasteiger partial charge is 0.381 e. The number of rotatable bonds is 13. The van der Waals surface area contributed by atoms with Crippen LogP contribution in [0.15, 0.2) is 43.0 Å². The number of imidazole rings is 1. The molecule has 0 saturated heterocycles. The number of aromatic nitrogens is 5. The molecule has 0 bridgehead atoms. The first-order chi connectivity index (χ1) is 20.5. The van der Waals surface area contributed by atoms with Crippen LogP contribution in [0.5, 0.6) is 0 Å². The summed E-state index contributed by atoms with van der Waals surface area (Å²) in [7, 11) is 0. The minimum atomic E-state index is -4.60. The Morgan fingerprint density at radius 1 is 1.14 bits per heavy atom. The zero-order valence-electron chi connectivity index (χ0n) is 25.4. The molecule has 230 valence electrons. The van der Waals surface area contributed by atoms with Crippen LogP contribution in [0, 0.1) is 11.3 Å². The van der Waals surface area contributed by atoms with Crippen molar-refractivity contribution in [1.29, 1.82) is 0 Å². The fourth-order valence-electron chi connectivity index (χ4n) is 6.34. The Labute approximate surface area is 250 Å². The van der Waals surface area contributed by atoms with E-state index in [4.69, 9.17) is 4.74 Å². The number of nitrogens with zero attached hydrogens (tertiary/aromatic N) is 5. The largest absolute Gasteiger partial charge is 0.435 e. The minimum absolute atomic E-state index is 0.00645. The number of hydrogen-bond acceptors (Lipinski definition) is 5. The maximum atomic E-state index is 14.1. The number of ether oxygens (including phenoxy) is 1. The number of aryl methyl sites for hydroxylation is 1. The van der Waals surface area contributed by atoms with Gasteiger partial charge in [-0.2, -0.15) is 18.3 Å². The number of alkyl halides is 3. The van der Waals surface area contributed by atoms with Crippen LogP contribution in [0.4, 0.5) is 13.2 Å². The monoisotopic (exact) mass is 595 g/mol. The van der Waals surface area contributed by atoms with Crippen molar-refractivity contribution in [3.05, 3.63) is 71.1 Å². The summed E-state index contributed by atoms with van der Waals surface area (Å²) in [4.78, 5) is 21.9. The fraction of sp³-hybridized carbons (Fsp3) is 0.515. The Balaban J connectivity index is 1.38. The van der Waals surface area contributed by atoms with Gasteiger partial charge in [0.15, 0.2) is 17.1 Å². The lowest BCUT2D eigenvalue weighted by atomic mass is 9.64. The normalized spacial score (nSPS) is 15.2. The van der Waals surface area contributed by atoms with Gasteiger partial charge in [0, 0.05) is 56.8 Å². The first-order valence-electron chi connectivity index (χ1n) is 15.2. The molecule has 7 nitrogen and oxygen atoms in total. The molecule has 1 aromatic carbocycles. The lowest BCUT2D eigenvalue weighted by Gasteiger charge is -2.42. The van der Waals surface area contributed by atoms with Gasteiger partial charge < -0.3 is 4.74 Å². The van der Waals surface area contributed by atoms with Gasteiger partial charge in [-0.15, -0.1) is 0 Å². The van der Waals surface area contributed by atoms with Crippen LogP contribution in [0.2, 0.25) is 0 Å². The summed E-state index contributed by atoms with van der Waals surface area (Å²) in [5.74, 6) is 0.417. The molecule has 4 aromatic rings. The average Bonchev–Trinajstić information content (AvgIpc) is 3.56. The Morgan fingerprint density at radius 3 is 2.63 bits per heavy atom. The van der Waals surface area contributed by atoms with Gasteiger partial charge in [0.05, 0.1) is 23.1 Å². The molecular formula is C33H40F3N5O2. The summed E-state index contributed by atoms with van der Waals surface area (Å²) < 4.78 is 50.9. The lowest BCUT2D eigenvalue weighted by Crippen LogP contribution is -2.34. The molecule has 3 heterocycles. The summed E-state index contributed by atoms with van der Waals surface area (Å²) in [5, 5.41) is 3.98. The van der Waals surface area contributed by atoms with Crippen LogP contribution >= 0.6 is 0 Å². The molecule has 0 aliphatic heterocycles. The lowest BCUT2D eigenvalue weighted by molar-refractivity contribution is -0.141. The first-order valence-corrected chi connectivity index (χ1v) is 15.2. The third kappa shape index (κ3) is 7.00. The Bertz CT molecular complexity index is 1580. The number of ketones is 1. The Morgan fingerprint density at radius 2 is 1.93 bits per heavy atom. The van der Waals surface area contributed by atoms with E-state index in [1.807, 2.05) is 25.1 Å². The van der Waals surface area contributed by atoms with Gasteiger partial charge in [0.2, 0.25) is 0 Å². The van der Waals surface area contributed by atoms with Gasteiger partial charge >= 0.3 is 6.18 Å². The molecule has 0 amide bonds. The highest BCUT2D eigenvalue weighted by Gasteiger charge is 2.40. The van der Waals surface area contributed by atoms with E-state index < -0.39 is 11.9 Å². The number of halogens is 3. The van der Waals surface area contributed by atoms with Crippen LogP contribution in [0.3, 0.4) is 0 Å². The van der Waals surface area contributed by atoms with Crippen molar-refractivity contribution in [3.8, 4) is 11.3 Å². The van der Waals surface area contributed by atoms with E-state index in [1.54, 1.807) is 16.8 Å². The van der Waals surface area contributed by atoms with Crippen LogP contribution in [0.25, 0.3) is 16.9 Å². The van der Waals surface area contributed by atoms with Crippen molar-refractivity contribution in [1.82, 2.24) is 24.1 Å². The molecule has 1 aliphatic carbocycles. The molecule has 10 heteroatoms. The number of carbonyl (C=O) groups excluding carboxylic acids is 1. The van der Waals surface area contributed by atoms with Crippen LogP contribution in [-0.2, 0) is 30.3 Å². The molecule has 0 atom stereocenters. The standard InChI is InChI=1S/C33H40F3N5O2/c1-5-13-43-14-7-8-29(42)25-10-9-22(15-24(25)6-2)16-27-31-38-19-28(41(31)12-11-37-27)26-21-40(39-30(26)33(34,35)36)20-23-17-32(3,4)18-23/h9-12,15,19,21,23H,5-8,13-14,16-18,20H2,1-4H3. The quantitative estimate of drug-likeness (QED) is 0.118. The highest BCUT2D eigenvalue weighted by Crippen LogP contribution is 2.46. The highest BCUT2D eigenvalue weighted by molar-refractivity contribution is 5.97. The van der Waals surface area contributed by atoms with E-state index in [9.17, 15) is 18.0 Å². The molecule has 5 rings (SSSR count). The van der Waals surface area contributed by atoms with Crippen molar-refractivity contribution in [3.63, 3.8) is 0 Å². The van der Waals surface area contributed by atoms with Gasteiger partial charge in [0.25, 0.3) is 0 Å². The summed E-state index contributed by atoms with van der Waals surface area (Å²) in [6, 6.07) is 5.81. The molecule has 0 N–H and O–H groups in total. The van der Waals surface area contributed by atoms with Gasteiger partial charge in [-0.3, -0.25) is 18.9 Å². The van der Waals surface area contributed by atoms with E-state index in [1.165, 1.54) is 17.1 Å². The molecule has 1 aliphatic rings. The summed E-state index contributed by atoms with van der Waals surface area (Å²) in [6.45, 7) is 10.2. The van der Waals surface area contributed by atoms with Gasteiger partial charge in [-0.25, -0.2) is 4.98 Å². The van der Waals surface area contributed by atoms with E-state index in [-0.39, 0.29) is 16.8 Å². The van der Waals surface area contributed by atoms with Crippen molar-refractivity contribution in [2.24, 2.45) is 11.3 Å². The fourth-order valence-corrected chi connectivity index (χ4v) is 6.34. The highest BCUT2D eigenvalue weighted by atomic mass is 19.4. The molecule has 1 fully saturated rings. The second-order valence-corrected chi connectivity index (χ2v) is 12.4. The number of hydrogen-bond donors (Lipinski definition) is 0. The number of benzene rings is 1. The Kier molecular flexibility index (Phi) is 9.06. The van der Waals surface area contributed by atoms with E-state index in [0.29, 0.717) is 68.4 Å². The predicted octanol–water partition coefficient (Wildman–Crippen LogP) is 7.59. The van der Waals surface area contributed by atoms with E-state index in [0.717, 1.165) is 36.0 Å². The molecular weight excluding hydrogens is 555 g/mol. The molecule has 0 unspecified atom stereocenters. The number of Topliss-reactive ketones (excluding diaryl/α,β-unsaturated/α-hetero) is 1. The minimum Gasteiger partial charge on any atom is -0.381 e. The zero-order valence-corrected chi connectivity index (χ0v) is 25.4. The summed E-state index contributed by atoms with van der Waals surface area (Å²) in [5.41, 5.74) is 3.42. The van der Waals surface area contributed by atoms with Crippen LogP contribution < -0.4 is 0 Å². The van der Waals surface area contributed by atoms with E-state index >= 15 is 0 Å². The molecule has 43 heavy (non-hydrogen) atoms.